The largest absolute Gasteiger partial charge is 0.475 e. The van der Waals surface area contributed by atoms with E-state index in [0.29, 0.717) is 5.76 Å². The number of rotatable bonds is 8. The average molecular weight is 404 g/mol. The summed E-state index contributed by atoms with van der Waals surface area (Å²) in [5.41, 5.74) is 1.85. The first-order valence-electron chi connectivity index (χ1n) is 9.12. The summed E-state index contributed by atoms with van der Waals surface area (Å²) in [4.78, 5) is 11.6. The number of carboxylic acid groups (broad SMARTS) is 1. The highest BCUT2D eigenvalue weighted by Crippen LogP contribution is 2.27. The third kappa shape index (κ3) is 4.52. The molecule has 2 aromatic rings. The molecule has 1 unspecified atom stereocenters. The summed E-state index contributed by atoms with van der Waals surface area (Å²) in [5.74, 6) is -0.621. The lowest BCUT2D eigenvalue weighted by Crippen LogP contribution is -2.40. The molecule has 1 aromatic carbocycles. The van der Waals surface area contributed by atoms with Crippen LogP contribution >= 0.6 is 12.2 Å². The molecule has 0 bridgehead atoms. The van der Waals surface area contributed by atoms with Gasteiger partial charge in [0.05, 0.1) is 11.8 Å². The van der Waals surface area contributed by atoms with E-state index in [-0.39, 0.29) is 25.0 Å². The molecule has 1 saturated heterocycles. The predicted molar refractivity (Wildman–Crippen MR) is 108 cm³/mol. The molecule has 0 spiro atoms. The van der Waals surface area contributed by atoms with Crippen LogP contribution in [0.2, 0.25) is 0 Å². The number of hydrogen-bond acceptors (Lipinski definition) is 6. The Bertz CT molecular complexity index is 833. The van der Waals surface area contributed by atoms with E-state index >= 15 is 0 Å². The van der Waals surface area contributed by atoms with Gasteiger partial charge in [0.2, 0.25) is 5.76 Å². The Hall–Kier alpha value is -2.42. The number of thiocarbonyl (C=S) groups is 1. The van der Waals surface area contributed by atoms with Gasteiger partial charge in [-0.05, 0) is 35.7 Å². The second kappa shape index (κ2) is 8.72. The molecule has 0 saturated carbocycles. The number of carbonyl (C=O) groups is 1. The summed E-state index contributed by atoms with van der Waals surface area (Å²) in [5, 5.41) is 23.0. The summed E-state index contributed by atoms with van der Waals surface area (Å²) in [6, 6.07) is 10.8. The molecule has 2 N–H and O–H groups in total. The molecule has 7 nitrogen and oxygen atoms in total. The van der Waals surface area contributed by atoms with E-state index in [0.717, 1.165) is 29.2 Å². The zero-order chi connectivity index (χ0) is 20.3. The number of hydrogen-bond donors (Lipinski definition) is 2. The van der Waals surface area contributed by atoms with Crippen LogP contribution in [-0.4, -0.2) is 39.5 Å². The van der Waals surface area contributed by atoms with E-state index in [1.54, 1.807) is 6.07 Å². The number of benzene rings is 1. The van der Waals surface area contributed by atoms with Crippen molar-refractivity contribution in [3.05, 3.63) is 53.5 Å². The van der Waals surface area contributed by atoms with Gasteiger partial charge in [0.1, 0.15) is 24.1 Å². The Balaban J connectivity index is 1.61. The first-order chi connectivity index (χ1) is 13.4. The van der Waals surface area contributed by atoms with Gasteiger partial charge in [-0.3, -0.25) is 10.0 Å². The van der Waals surface area contributed by atoms with Gasteiger partial charge in [-0.25, -0.2) is 4.79 Å². The Morgan fingerprint density at radius 1 is 1.25 bits per heavy atom. The summed E-state index contributed by atoms with van der Waals surface area (Å²) in [6.07, 6.45) is 0.260. The number of aliphatic hydroxyl groups excluding tert-OH is 1. The Morgan fingerprint density at radius 3 is 2.57 bits per heavy atom. The minimum Gasteiger partial charge on any atom is -0.475 e. The third-order valence-corrected chi connectivity index (χ3v) is 5.03. The monoisotopic (exact) mass is 404 g/mol. The molecule has 1 aromatic heterocycles. The molecule has 8 heteroatoms. The van der Waals surface area contributed by atoms with Crippen molar-refractivity contribution < 1.29 is 24.2 Å². The van der Waals surface area contributed by atoms with Crippen molar-refractivity contribution in [2.24, 2.45) is 5.92 Å². The standard InChI is InChI=1S/C20H24N2O5S/c1-13(2)19(23)14-3-5-15(6-4-14)21-10-9-18(28)22(21)12-26-11-16-7-8-17(27-16)20(24)25/h3-8,13,19,23H,9-12H2,1-2H3,(H,24,25). The van der Waals surface area contributed by atoms with Crippen molar-refractivity contribution in [2.75, 3.05) is 18.3 Å². The molecule has 28 heavy (non-hydrogen) atoms. The summed E-state index contributed by atoms with van der Waals surface area (Å²) in [6.45, 7) is 5.10. The topological polar surface area (TPSA) is 86.4 Å². The first kappa shape index (κ1) is 20.3. The zero-order valence-electron chi connectivity index (χ0n) is 15.9. The van der Waals surface area contributed by atoms with Crippen molar-refractivity contribution in [2.45, 2.75) is 33.0 Å². The molecule has 1 fully saturated rings. The van der Waals surface area contributed by atoms with Crippen LogP contribution in [0.1, 0.15) is 48.3 Å². The fourth-order valence-corrected chi connectivity index (χ4v) is 3.27. The van der Waals surface area contributed by atoms with E-state index in [1.165, 1.54) is 6.07 Å². The molecule has 0 amide bonds. The van der Waals surface area contributed by atoms with Crippen LogP contribution in [-0.2, 0) is 11.3 Å². The van der Waals surface area contributed by atoms with E-state index in [1.807, 2.05) is 48.1 Å². The number of hydrazine groups is 1. The number of furan rings is 1. The normalized spacial score (nSPS) is 15.5. The maximum Gasteiger partial charge on any atom is 0.371 e. The molecule has 150 valence electrons. The molecule has 2 heterocycles. The maximum atomic E-state index is 10.9. The number of anilines is 1. The molecular weight excluding hydrogens is 380 g/mol. The van der Waals surface area contributed by atoms with Crippen molar-refractivity contribution in [1.29, 1.82) is 0 Å². The van der Waals surface area contributed by atoms with Crippen LogP contribution in [0.4, 0.5) is 5.69 Å². The Morgan fingerprint density at radius 2 is 1.96 bits per heavy atom. The lowest BCUT2D eigenvalue weighted by Gasteiger charge is -2.31. The maximum absolute atomic E-state index is 10.9. The Kier molecular flexibility index (Phi) is 6.33. The molecule has 0 radical (unpaired) electrons. The van der Waals surface area contributed by atoms with Gasteiger partial charge < -0.3 is 19.4 Å². The van der Waals surface area contributed by atoms with Crippen molar-refractivity contribution >= 4 is 28.9 Å². The minimum absolute atomic E-state index is 0.111. The molecular formula is C20H24N2O5S. The molecule has 1 atom stereocenters. The predicted octanol–water partition coefficient (Wildman–Crippen LogP) is 3.60. The molecule has 1 aliphatic heterocycles. The van der Waals surface area contributed by atoms with E-state index in [4.69, 9.17) is 26.5 Å². The van der Waals surface area contributed by atoms with Crippen LogP contribution in [0.15, 0.2) is 40.8 Å². The number of aromatic carboxylic acids is 1. The fourth-order valence-electron chi connectivity index (χ4n) is 3.03. The number of aliphatic hydroxyl groups is 1. The second-order valence-corrected chi connectivity index (χ2v) is 7.47. The quantitative estimate of drug-likeness (QED) is 0.646. The van der Waals surface area contributed by atoms with Crippen molar-refractivity contribution in [1.82, 2.24) is 5.01 Å². The first-order valence-corrected chi connectivity index (χ1v) is 9.53. The SMILES string of the molecule is CC(C)C(O)c1ccc(N2CCC(=S)N2COCc2ccc(C(=O)O)o2)cc1. The number of nitrogens with zero attached hydrogens (tertiary/aromatic N) is 2. The van der Waals surface area contributed by atoms with Gasteiger partial charge in [0, 0.05) is 13.0 Å². The summed E-state index contributed by atoms with van der Waals surface area (Å²) >= 11 is 5.45. The van der Waals surface area contributed by atoms with Gasteiger partial charge in [-0.2, -0.15) is 0 Å². The second-order valence-electron chi connectivity index (χ2n) is 7.00. The molecule has 1 aliphatic rings. The van der Waals surface area contributed by atoms with E-state index < -0.39 is 12.1 Å². The summed E-state index contributed by atoms with van der Waals surface area (Å²) in [7, 11) is 0. The fraction of sp³-hybridized carbons (Fsp3) is 0.400. The molecule has 0 aliphatic carbocycles. The van der Waals surface area contributed by atoms with Gasteiger partial charge >= 0.3 is 5.97 Å². The lowest BCUT2D eigenvalue weighted by molar-refractivity contribution is 0.0428. The highest BCUT2D eigenvalue weighted by Gasteiger charge is 2.26. The van der Waals surface area contributed by atoms with Crippen LogP contribution in [0, 0.1) is 5.92 Å². The lowest BCUT2D eigenvalue weighted by atomic mass is 9.99. The molecule has 3 rings (SSSR count). The van der Waals surface area contributed by atoms with Crippen molar-refractivity contribution in [3.8, 4) is 0 Å². The highest BCUT2D eigenvalue weighted by molar-refractivity contribution is 7.80. The van der Waals surface area contributed by atoms with Gasteiger partial charge in [-0.1, -0.05) is 38.2 Å². The third-order valence-electron chi connectivity index (χ3n) is 4.61. The number of carboxylic acids is 1. The van der Waals surface area contributed by atoms with Crippen LogP contribution < -0.4 is 5.01 Å². The Labute approximate surface area is 169 Å². The number of ether oxygens (including phenoxy) is 1. The van der Waals surface area contributed by atoms with Crippen LogP contribution in [0.5, 0.6) is 0 Å². The van der Waals surface area contributed by atoms with E-state index in [2.05, 4.69) is 0 Å². The smallest absolute Gasteiger partial charge is 0.371 e. The van der Waals surface area contributed by atoms with Crippen LogP contribution in [0.3, 0.4) is 0 Å². The van der Waals surface area contributed by atoms with Crippen molar-refractivity contribution in [3.63, 3.8) is 0 Å². The van der Waals surface area contributed by atoms with Gasteiger partial charge in [0.25, 0.3) is 0 Å². The minimum atomic E-state index is -1.11. The van der Waals surface area contributed by atoms with E-state index in [9.17, 15) is 9.90 Å². The highest BCUT2D eigenvalue weighted by atomic mass is 32.1. The van der Waals surface area contributed by atoms with Gasteiger partial charge in [-0.15, -0.1) is 0 Å². The van der Waals surface area contributed by atoms with Crippen LogP contribution in [0.25, 0.3) is 0 Å². The van der Waals surface area contributed by atoms with Gasteiger partial charge in [0.15, 0.2) is 0 Å². The average Bonchev–Trinajstić information content (AvgIpc) is 3.29. The zero-order valence-corrected chi connectivity index (χ0v) is 16.7. The summed E-state index contributed by atoms with van der Waals surface area (Å²) < 4.78 is 10.9.